The first kappa shape index (κ1) is 24.2. The summed E-state index contributed by atoms with van der Waals surface area (Å²) in [5.41, 5.74) is -0.878. The largest absolute Gasteiger partial charge is 0.313 e. The highest BCUT2D eigenvalue weighted by Crippen LogP contribution is 2.59. The second-order valence-corrected chi connectivity index (χ2v) is 9.58. The van der Waals surface area contributed by atoms with Crippen LogP contribution < -0.4 is 10.6 Å². The summed E-state index contributed by atoms with van der Waals surface area (Å²) in [6.45, 7) is 1.60. The van der Waals surface area contributed by atoms with Crippen LogP contribution in [-0.2, 0) is 0 Å². The molecule has 0 amide bonds. The van der Waals surface area contributed by atoms with Gasteiger partial charge in [0.05, 0.1) is 18.4 Å². The molecule has 0 bridgehead atoms. The minimum Gasteiger partial charge on any atom is -0.313 e. The number of halogens is 5. The Morgan fingerprint density at radius 1 is 1.35 bits per heavy atom. The summed E-state index contributed by atoms with van der Waals surface area (Å²) < 4.78 is 42.1. The molecule has 1 saturated carbocycles. The molecule has 2 N–H and O–H groups in total. The van der Waals surface area contributed by atoms with Crippen molar-refractivity contribution in [2.75, 3.05) is 26.4 Å². The molecule has 1 aromatic rings. The van der Waals surface area contributed by atoms with Crippen LogP contribution in [0.1, 0.15) is 31.2 Å². The van der Waals surface area contributed by atoms with Crippen LogP contribution in [0.15, 0.2) is 41.5 Å². The Morgan fingerprint density at radius 2 is 2.06 bits per heavy atom. The van der Waals surface area contributed by atoms with Gasteiger partial charge in [-0.15, -0.1) is 6.42 Å². The van der Waals surface area contributed by atoms with Gasteiger partial charge >= 0.3 is 0 Å². The molecular formula is C24H27Cl2F3N2. The second kappa shape index (κ2) is 10.0. The summed E-state index contributed by atoms with van der Waals surface area (Å²) in [6, 6.07) is 4.92. The van der Waals surface area contributed by atoms with Crippen molar-refractivity contribution in [3.8, 4) is 12.3 Å². The zero-order chi connectivity index (χ0) is 22.6. The molecule has 3 atom stereocenters. The highest BCUT2D eigenvalue weighted by atomic mass is 35.5. The molecule has 168 valence electrons. The van der Waals surface area contributed by atoms with E-state index in [0.29, 0.717) is 36.5 Å². The van der Waals surface area contributed by atoms with Crippen LogP contribution >= 0.6 is 23.2 Å². The molecule has 1 aromatic carbocycles. The van der Waals surface area contributed by atoms with Crippen LogP contribution in [0.25, 0.3) is 0 Å². The van der Waals surface area contributed by atoms with Crippen molar-refractivity contribution in [3.63, 3.8) is 0 Å². The molecule has 2 unspecified atom stereocenters. The van der Waals surface area contributed by atoms with Crippen LogP contribution in [-0.4, -0.2) is 38.0 Å². The van der Waals surface area contributed by atoms with Gasteiger partial charge in [-0.05, 0) is 49.5 Å². The van der Waals surface area contributed by atoms with Gasteiger partial charge in [0.2, 0.25) is 0 Å². The average Bonchev–Trinajstić information content (AvgIpc) is 3.01. The third-order valence-corrected chi connectivity index (χ3v) is 7.20. The SMILES string of the molecule is C#C/C=C\C(Cl)=C/CNCC1C(c2cccc(Cl)c2F)[C@H](C)NC12CC(CF)(CF)C2. The maximum Gasteiger partial charge on any atom is 0.145 e. The lowest BCUT2D eigenvalue weighted by molar-refractivity contribution is -0.0513. The first-order valence-corrected chi connectivity index (χ1v) is 11.1. The first-order chi connectivity index (χ1) is 14.8. The molecule has 2 nitrogen and oxygen atoms in total. The highest BCUT2D eigenvalue weighted by molar-refractivity contribution is 6.31. The molecule has 1 spiro atoms. The lowest BCUT2D eigenvalue weighted by Crippen LogP contribution is -2.64. The minimum atomic E-state index is -0.948. The summed E-state index contributed by atoms with van der Waals surface area (Å²) in [7, 11) is 0. The van der Waals surface area contributed by atoms with Crippen molar-refractivity contribution in [1.29, 1.82) is 0 Å². The standard InChI is InChI=1S/C24H27Cl2F3N2/c1-3-4-6-17(25)9-10-30-11-19-21(18-7-5-8-20(26)22(18)29)16(2)31-24(19)12-23(13-24,14-27)15-28/h1,4-9,16,19,21,30-31H,10-15H2,2H3/b6-4-,17-9+/t16-,19?,21?/m0/s1. The van der Waals surface area contributed by atoms with E-state index in [1.807, 2.05) is 6.92 Å². The highest BCUT2D eigenvalue weighted by Gasteiger charge is 2.64. The number of hydrogen-bond acceptors (Lipinski definition) is 2. The van der Waals surface area contributed by atoms with Crippen LogP contribution in [0, 0.1) is 29.5 Å². The molecule has 1 heterocycles. The molecule has 31 heavy (non-hydrogen) atoms. The van der Waals surface area contributed by atoms with Gasteiger partial charge in [-0.2, -0.15) is 0 Å². The Kier molecular flexibility index (Phi) is 7.81. The van der Waals surface area contributed by atoms with E-state index in [0.717, 1.165) is 0 Å². The molecule has 2 fully saturated rings. The van der Waals surface area contributed by atoms with Crippen molar-refractivity contribution < 1.29 is 13.2 Å². The molecular weight excluding hydrogens is 444 g/mol. The number of nitrogens with one attached hydrogen (secondary N) is 2. The monoisotopic (exact) mass is 470 g/mol. The summed E-state index contributed by atoms with van der Waals surface area (Å²) >= 11 is 12.1. The quantitative estimate of drug-likeness (QED) is 0.296. The number of terminal acetylenes is 1. The van der Waals surface area contributed by atoms with Crippen molar-refractivity contribution >= 4 is 23.2 Å². The lowest BCUT2D eigenvalue weighted by atomic mass is 9.53. The van der Waals surface area contributed by atoms with E-state index >= 15 is 0 Å². The first-order valence-electron chi connectivity index (χ1n) is 10.3. The summed E-state index contributed by atoms with van der Waals surface area (Å²) in [4.78, 5) is 0. The van der Waals surface area contributed by atoms with Gasteiger partial charge in [-0.25, -0.2) is 4.39 Å². The topological polar surface area (TPSA) is 24.1 Å². The molecule has 2 aliphatic rings. The second-order valence-electron chi connectivity index (χ2n) is 8.73. The van der Waals surface area contributed by atoms with Gasteiger partial charge in [0, 0.05) is 41.0 Å². The predicted octanol–water partition coefficient (Wildman–Crippen LogP) is 5.53. The molecule has 0 radical (unpaired) electrons. The third kappa shape index (κ3) is 4.83. The molecule has 1 aliphatic heterocycles. The van der Waals surface area contributed by atoms with E-state index < -0.39 is 30.1 Å². The molecule has 3 rings (SSSR count). The van der Waals surface area contributed by atoms with E-state index in [4.69, 9.17) is 29.6 Å². The third-order valence-electron chi connectivity index (χ3n) is 6.63. The number of hydrogen-bond donors (Lipinski definition) is 2. The zero-order valence-corrected chi connectivity index (χ0v) is 18.9. The Hall–Kier alpha value is -1.45. The van der Waals surface area contributed by atoms with E-state index in [-0.39, 0.29) is 22.9 Å². The Balaban J connectivity index is 1.84. The summed E-state index contributed by atoms with van der Waals surface area (Å²) in [5, 5.41) is 7.48. The molecule has 1 saturated heterocycles. The van der Waals surface area contributed by atoms with Crippen LogP contribution in [0.5, 0.6) is 0 Å². The smallest absolute Gasteiger partial charge is 0.145 e. The number of allylic oxidation sites excluding steroid dienone is 3. The van der Waals surface area contributed by atoms with Crippen LogP contribution in [0.2, 0.25) is 5.02 Å². The van der Waals surface area contributed by atoms with E-state index in [2.05, 4.69) is 16.6 Å². The molecule has 7 heteroatoms. The van der Waals surface area contributed by atoms with Gasteiger partial charge in [-0.3, -0.25) is 8.78 Å². The van der Waals surface area contributed by atoms with E-state index in [1.165, 1.54) is 12.1 Å². The van der Waals surface area contributed by atoms with Gasteiger partial charge in [0.25, 0.3) is 0 Å². The minimum absolute atomic E-state index is 0.0721. The average molecular weight is 471 g/mol. The Labute approximate surface area is 192 Å². The van der Waals surface area contributed by atoms with E-state index in [1.54, 1.807) is 24.3 Å². The van der Waals surface area contributed by atoms with Crippen molar-refractivity contribution in [1.82, 2.24) is 10.6 Å². The van der Waals surface area contributed by atoms with Crippen molar-refractivity contribution in [3.05, 3.63) is 57.9 Å². The van der Waals surface area contributed by atoms with Crippen molar-refractivity contribution in [2.45, 2.75) is 37.3 Å². The van der Waals surface area contributed by atoms with Gasteiger partial charge in [0.1, 0.15) is 5.82 Å². The van der Waals surface area contributed by atoms with Gasteiger partial charge in [-0.1, -0.05) is 47.3 Å². The Bertz CT molecular complexity index is 881. The zero-order valence-electron chi connectivity index (χ0n) is 17.4. The van der Waals surface area contributed by atoms with Crippen molar-refractivity contribution in [2.24, 2.45) is 11.3 Å². The summed E-state index contributed by atoms with van der Waals surface area (Å²) in [6.07, 6.45) is 10.9. The molecule has 0 aromatic heterocycles. The van der Waals surface area contributed by atoms with E-state index in [9.17, 15) is 13.2 Å². The molecule has 1 aliphatic carbocycles. The lowest BCUT2D eigenvalue weighted by Gasteiger charge is -2.56. The van der Waals surface area contributed by atoms with Gasteiger partial charge < -0.3 is 10.6 Å². The number of alkyl halides is 2. The van der Waals surface area contributed by atoms with Crippen LogP contribution in [0.4, 0.5) is 13.2 Å². The fraction of sp³-hybridized carbons (Fsp3) is 0.500. The maximum atomic E-state index is 14.9. The van der Waals surface area contributed by atoms with Gasteiger partial charge in [0.15, 0.2) is 0 Å². The predicted molar refractivity (Wildman–Crippen MR) is 121 cm³/mol. The number of benzene rings is 1. The fourth-order valence-electron chi connectivity index (χ4n) is 5.41. The van der Waals surface area contributed by atoms with Crippen LogP contribution in [0.3, 0.4) is 0 Å². The normalized spacial score (nSPS) is 26.9. The summed E-state index contributed by atoms with van der Waals surface area (Å²) in [5.74, 6) is 1.67. The Morgan fingerprint density at radius 3 is 2.71 bits per heavy atom. The fourth-order valence-corrected chi connectivity index (χ4v) is 5.73. The number of rotatable bonds is 8. The maximum absolute atomic E-state index is 14.9.